The predicted molar refractivity (Wildman–Crippen MR) is 33.2 cm³/mol. The van der Waals surface area contributed by atoms with Gasteiger partial charge in [-0.05, 0) is 0 Å². The van der Waals surface area contributed by atoms with Crippen LogP contribution in [0, 0.1) is 5.92 Å². The molecule has 2 rings (SSSR count). The van der Waals surface area contributed by atoms with Crippen LogP contribution in [0.5, 0.6) is 0 Å². The van der Waals surface area contributed by atoms with Crippen LogP contribution in [0.2, 0.25) is 0 Å². The minimum atomic E-state index is 0.282. The van der Waals surface area contributed by atoms with Crippen LogP contribution in [-0.2, 0) is 4.79 Å². The molecule has 2 aliphatic heterocycles. The van der Waals surface area contributed by atoms with Gasteiger partial charge in [-0.3, -0.25) is 4.79 Å². The highest BCUT2D eigenvalue weighted by Gasteiger charge is 2.37. The predicted octanol–water partition coefficient (Wildman–Crippen LogP) is -1.25. The molecule has 9 heavy (non-hydrogen) atoms. The van der Waals surface area contributed by atoms with Gasteiger partial charge in [0.05, 0.1) is 6.54 Å². The molecule has 2 atom stereocenters. The average molecular weight is 126 g/mol. The molecule has 0 amide bonds. The maximum atomic E-state index is 11.0. The first-order valence-corrected chi connectivity index (χ1v) is 3.35. The second-order valence-corrected chi connectivity index (χ2v) is 2.72. The molecular weight excluding hydrogens is 116 g/mol. The molecule has 3 heteroatoms. The number of nitrogens with one attached hydrogen (secondary N) is 2. The molecule has 50 valence electrons. The minimum absolute atomic E-state index is 0.282. The lowest BCUT2D eigenvalue weighted by molar-refractivity contribution is -0.119. The molecule has 2 saturated heterocycles. The maximum Gasteiger partial charge on any atom is 0.152 e. The molecule has 0 radical (unpaired) electrons. The summed E-state index contributed by atoms with van der Waals surface area (Å²) in [7, 11) is 0. The molecule has 2 fully saturated rings. The van der Waals surface area contributed by atoms with Crippen molar-refractivity contribution in [3.63, 3.8) is 0 Å². The van der Waals surface area contributed by atoms with Crippen LogP contribution < -0.4 is 10.6 Å². The van der Waals surface area contributed by atoms with Crippen LogP contribution >= 0.6 is 0 Å². The molecule has 2 heterocycles. The van der Waals surface area contributed by atoms with Crippen molar-refractivity contribution in [3.8, 4) is 0 Å². The third-order valence-corrected chi connectivity index (χ3v) is 2.17. The van der Waals surface area contributed by atoms with Gasteiger partial charge in [0.15, 0.2) is 5.78 Å². The number of fused-ring (bicyclic) bond motifs is 1. The van der Waals surface area contributed by atoms with Crippen LogP contribution in [0.25, 0.3) is 0 Å². The molecular formula is C6H10N2O. The number of ketones is 1. The van der Waals surface area contributed by atoms with Crippen LogP contribution in [-0.4, -0.2) is 31.5 Å². The summed E-state index contributed by atoms with van der Waals surface area (Å²) < 4.78 is 0. The van der Waals surface area contributed by atoms with E-state index in [0.29, 0.717) is 18.4 Å². The van der Waals surface area contributed by atoms with Gasteiger partial charge < -0.3 is 10.6 Å². The molecule has 2 unspecified atom stereocenters. The van der Waals surface area contributed by atoms with Crippen molar-refractivity contribution in [3.05, 3.63) is 0 Å². The first-order chi connectivity index (χ1) is 4.38. The van der Waals surface area contributed by atoms with E-state index in [9.17, 15) is 4.79 Å². The zero-order valence-electron chi connectivity index (χ0n) is 5.18. The highest BCUT2D eigenvalue weighted by atomic mass is 16.1. The van der Waals surface area contributed by atoms with E-state index in [1.54, 1.807) is 0 Å². The highest BCUT2D eigenvalue weighted by molar-refractivity contribution is 5.86. The molecule has 3 nitrogen and oxygen atoms in total. The number of hydrogen-bond donors (Lipinski definition) is 2. The van der Waals surface area contributed by atoms with E-state index in [0.717, 1.165) is 13.1 Å². The van der Waals surface area contributed by atoms with Crippen molar-refractivity contribution in [1.82, 2.24) is 10.6 Å². The monoisotopic (exact) mass is 126 g/mol. The Morgan fingerprint density at radius 1 is 1.44 bits per heavy atom. The summed E-state index contributed by atoms with van der Waals surface area (Å²) >= 11 is 0. The van der Waals surface area contributed by atoms with Gasteiger partial charge in [-0.2, -0.15) is 0 Å². The van der Waals surface area contributed by atoms with Gasteiger partial charge in [-0.15, -0.1) is 0 Å². The third-order valence-electron chi connectivity index (χ3n) is 2.17. The summed E-state index contributed by atoms with van der Waals surface area (Å²) in [6, 6.07) is 0.442. The SMILES string of the molecule is O=C1CNC2CNCC12. The fraction of sp³-hybridized carbons (Fsp3) is 0.833. The van der Waals surface area contributed by atoms with E-state index < -0.39 is 0 Å². The van der Waals surface area contributed by atoms with Crippen molar-refractivity contribution in [2.45, 2.75) is 6.04 Å². The standard InChI is InChI=1S/C6H10N2O/c9-6-3-8-5-2-7-1-4(5)6/h4-5,7-8H,1-3H2. The van der Waals surface area contributed by atoms with Gasteiger partial charge in [0.25, 0.3) is 0 Å². The zero-order valence-corrected chi connectivity index (χ0v) is 5.18. The Kier molecular flexibility index (Phi) is 1.07. The van der Waals surface area contributed by atoms with Crippen molar-refractivity contribution < 1.29 is 4.79 Å². The molecule has 0 aromatic heterocycles. The fourth-order valence-corrected chi connectivity index (χ4v) is 1.59. The summed E-state index contributed by atoms with van der Waals surface area (Å²) in [6.07, 6.45) is 0. The normalized spacial score (nSPS) is 41.6. The summed E-state index contributed by atoms with van der Waals surface area (Å²) in [5.41, 5.74) is 0. The Balaban J connectivity index is 2.15. The fourth-order valence-electron chi connectivity index (χ4n) is 1.59. The van der Waals surface area contributed by atoms with E-state index in [2.05, 4.69) is 10.6 Å². The number of hydrogen-bond acceptors (Lipinski definition) is 3. The first-order valence-electron chi connectivity index (χ1n) is 3.35. The number of carbonyl (C=O) groups is 1. The topological polar surface area (TPSA) is 41.1 Å². The van der Waals surface area contributed by atoms with E-state index >= 15 is 0 Å². The van der Waals surface area contributed by atoms with Crippen LogP contribution in [0.3, 0.4) is 0 Å². The largest absolute Gasteiger partial charge is 0.314 e. The third kappa shape index (κ3) is 0.686. The van der Waals surface area contributed by atoms with Crippen molar-refractivity contribution in [2.75, 3.05) is 19.6 Å². The Hall–Kier alpha value is -0.410. The summed E-state index contributed by atoms with van der Waals surface area (Å²) in [5, 5.41) is 6.33. The quantitative estimate of drug-likeness (QED) is 0.426. The Labute approximate surface area is 53.8 Å². The molecule has 0 aliphatic carbocycles. The Morgan fingerprint density at radius 2 is 2.33 bits per heavy atom. The van der Waals surface area contributed by atoms with E-state index in [4.69, 9.17) is 0 Å². The molecule has 0 spiro atoms. The number of rotatable bonds is 0. The van der Waals surface area contributed by atoms with Crippen LogP contribution in [0.15, 0.2) is 0 Å². The van der Waals surface area contributed by atoms with Crippen molar-refractivity contribution in [1.29, 1.82) is 0 Å². The Morgan fingerprint density at radius 3 is 3.11 bits per heavy atom. The molecule has 0 aromatic carbocycles. The lowest BCUT2D eigenvalue weighted by atomic mass is 10.0. The van der Waals surface area contributed by atoms with E-state index in [1.807, 2.05) is 0 Å². The van der Waals surface area contributed by atoms with Gasteiger partial charge in [-0.25, -0.2) is 0 Å². The average Bonchev–Trinajstić information content (AvgIpc) is 2.35. The zero-order chi connectivity index (χ0) is 6.27. The molecule has 2 N–H and O–H groups in total. The number of Topliss-reactive ketones (excluding diaryl/α,β-unsaturated/α-hetero) is 1. The van der Waals surface area contributed by atoms with E-state index in [1.165, 1.54) is 0 Å². The van der Waals surface area contributed by atoms with Gasteiger partial charge >= 0.3 is 0 Å². The van der Waals surface area contributed by atoms with E-state index in [-0.39, 0.29) is 5.92 Å². The van der Waals surface area contributed by atoms with Gasteiger partial charge in [0.1, 0.15) is 0 Å². The number of carbonyl (C=O) groups excluding carboxylic acids is 1. The lowest BCUT2D eigenvalue weighted by Gasteiger charge is -2.02. The Bertz CT molecular complexity index is 146. The summed E-state index contributed by atoms with van der Waals surface area (Å²) in [6.45, 7) is 2.45. The molecule has 0 aromatic rings. The highest BCUT2D eigenvalue weighted by Crippen LogP contribution is 2.14. The summed E-state index contributed by atoms with van der Waals surface area (Å²) in [4.78, 5) is 11.0. The van der Waals surface area contributed by atoms with Crippen molar-refractivity contribution in [2.24, 2.45) is 5.92 Å². The van der Waals surface area contributed by atoms with Crippen molar-refractivity contribution >= 4 is 5.78 Å². The molecule has 0 saturated carbocycles. The summed E-state index contributed by atoms with van der Waals surface area (Å²) in [5.74, 6) is 0.662. The molecule has 2 aliphatic rings. The molecule has 0 bridgehead atoms. The smallest absolute Gasteiger partial charge is 0.152 e. The van der Waals surface area contributed by atoms with Crippen LogP contribution in [0.1, 0.15) is 0 Å². The maximum absolute atomic E-state index is 11.0. The van der Waals surface area contributed by atoms with Gasteiger partial charge in [0.2, 0.25) is 0 Å². The second-order valence-electron chi connectivity index (χ2n) is 2.72. The minimum Gasteiger partial charge on any atom is -0.314 e. The first kappa shape index (κ1) is 5.38. The van der Waals surface area contributed by atoms with Gasteiger partial charge in [0, 0.05) is 25.0 Å². The van der Waals surface area contributed by atoms with Gasteiger partial charge in [-0.1, -0.05) is 0 Å². The second kappa shape index (κ2) is 1.78. The lowest BCUT2D eigenvalue weighted by Crippen LogP contribution is -2.27. The van der Waals surface area contributed by atoms with Crippen LogP contribution in [0.4, 0.5) is 0 Å².